The van der Waals surface area contributed by atoms with Gasteiger partial charge < -0.3 is 14.6 Å². The summed E-state index contributed by atoms with van der Waals surface area (Å²) >= 11 is 1.78. The smallest absolute Gasteiger partial charge is 0.131 e. The summed E-state index contributed by atoms with van der Waals surface area (Å²) in [5.41, 5.74) is 0. The molecule has 3 unspecified atom stereocenters. The first-order chi connectivity index (χ1) is 9.74. The van der Waals surface area contributed by atoms with E-state index in [0.717, 1.165) is 25.3 Å². The highest BCUT2D eigenvalue weighted by atomic mass is 32.1. The maximum absolute atomic E-state index is 5.64. The third-order valence-electron chi connectivity index (χ3n) is 3.83. The number of hydrogen-bond donors (Lipinski definition) is 1. The van der Waals surface area contributed by atoms with Gasteiger partial charge in [-0.2, -0.15) is 0 Å². The number of aromatic nitrogens is 2. The fourth-order valence-electron chi connectivity index (χ4n) is 2.78. The van der Waals surface area contributed by atoms with Crippen LogP contribution in [0.25, 0.3) is 0 Å². The standard InChI is InChI=1S/C15H21N3OS/c1-11-10-12(5-8-19-11)17-14(13-4-3-9-20-13)15-16-6-7-18(15)2/h3-4,6-7,9,11-12,14,17H,5,8,10H2,1-2H3. The van der Waals surface area contributed by atoms with Crippen LogP contribution >= 0.6 is 11.3 Å². The second kappa shape index (κ2) is 6.08. The van der Waals surface area contributed by atoms with Crippen LogP contribution in [-0.4, -0.2) is 28.3 Å². The maximum Gasteiger partial charge on any atom is 0.131 e. The van der Waals surface area contributed by atoms with E-state index in [9.17, 15) is 0 Å². The molecule has 3 rings (SSSR count). The van der Waals surface area contributed by atoms with E-state index in [-0.39, 0.29) is 6.04 Å². The predicted octanol–water partition coefficient (Wildman–Crippen LogP) is 2.73. The summed E-state index contributed by atoms with van der Waals surface area (Å²) in [6.07, 6.45) is 6.34. The van der Waals surface area contributed by atoms with Gasteiger partial charge >= 0.3 is 0 Å². The molecule has 2 aromatic rings. The highest BCUT2D eigenvalue weighted by Gasteiger charge is 2.26. The normalized spacial score (nSPS) is 24.7. The topological polar surface area (TPSA) is 39.1 Å². The van der Waals surface area contributed by atoms with Gasteiger partial charge in [-0.3, -0.25) is 0 Å². The molecule has 2 aromatic heterocycles. The third kappa shape index (κ3) is 2.95. The molecule has 4 nitrogen and oxygen atoms in total. The van der Waals surface area contributed by atoms with E-state index in [1.165, 1.54) is 4.88 Å². The number of hydrogen-bond acceptors (Lipinski definition) is 4. The van der Waals surface area contributed by atoms with Crippen LogP contribution in [0.1, 0.15) is 36.5 Å². The van der Waals surface area contributed by atoms with Gasteiger partial charge in [0.25, 0.3) is 0 Å². The van der Waals surface area contributed by atoms with Gasteiger partial charge in [0.05, 0.1) is 6.10 Å². The van der Waals surface area contributed by atoms with Crippen molar-refractivity contribution in [2.45, 2.75) is 38.0 Å². The summed E-state index contributed by atoms with van der Waals surface area (Å²) in [6.45, 7) is 2.99. The lowest BCUT2D eigenvalue weighted by molar-refractivity contribution is 0.0118. The van der Waals surface area contributed by atoms with Crippen LogP contribution < -0.4 is 5.32 Å². The lowest BCUT2D eigenvalue weighted by atomic mass is 10.0. The second-order valence-electron chi connectivity index (χ2n) is 5.41. The number of aryl methyl sites for hydroxylation is 1. The number of nitrogens with one attached hydrogen (secondary N) is 1. The Kier molecular flexibility index (Phi) is 4.19. The van der Waals surface area contributed by atoms with Crippen LogP contribution in [0, 0.1) is 0 Å². The van der Waals surface area contributed by atoms with Gasteiger partial charge in [-0.05, 0) is 31.2 Å². The Balaban J connectivity index is 1.81. The van der Waals surface area contributed by atoms with E-state index >= 15 is 0 Å². The molecule has 1 aliphatic rings. The summed E-state index contributed by atoms with van der Waals surface area (Å²) < 4.78 is 7.73. The van der Waals surface area contributed by atoms with Crippen molar-refractivity contribution in [3.8, 4) is 0 Å². The number of thiophene rings is 1. The van der Waals surface area contributed by atoms with Crippen molar-refractivity contribution in [3.63, 3.8) is 0 Å². The van der Waals surface area contributed by atoms with Crippen molar-refractivity contribution >= 4 is 11.3 Å². The summed E-state index contributed by atoms with van der Waals surface area (Å²) in [5.74, 6) is 1.08. The number of imidazole rings is 1. The second-order valence-corrected chi connectivity index (χ2v) is 6.39. The highest BCUT2D eigenvalue weighted by Crippen LogP contribution is 2.27. The molecular formula is C15H21N3OS. The molecule has 0 bridgehead atoms. The summed E-state index contributed by atoms with van der Waals surface area (Å²) in [5, 5.41) is 5.90. The van der Waals surface area contributed by atoms with Crippen LogP contribution in [0.15, 0.2) is 29.9 Å². The maximum atomic E-state index is 5.64. The Hall–Kier alpha value is -1.17. The average Bonchev–Trinajstić information content (AvgIpc) is 3.07. The Morgan fingerprint density at radius 1 is 1.55 bits per heavy atom. The number of ether oxygens (including phenoxy) is 1. The van der Waals surface area contributed by atoms with Crippen LogP contribution in [0.4, 0.5) is 0 Å². The molecule has 1 aliphatic heterocycles. The fraction of sp³-hybridized carbons (Fsp3) is 0.533. The number of nitrogens with zero attached hydrogens (tertiary/aromatic N) is 2. The van der Waals surface area contributed by atoms with Gasteiger partial charge in [-0.25, -0.2) is 4.98 Å². The molecule has 0 radical (unpaired) electrons. The summed E-state index contributed by atoms with van der Waals surface area (Å²) in [7, 11) is 2.05. The van der Waals surface area contributed by atoms with Gasteiger partial charge in [0.1, 0.15) is 11.9 Å². The molecule has 3 atom stereocenters. The Morgan fingerprint density at radius 2 is 2.45 bits per heavy atom. The van der Waals surface area contributed by atoms with E-state index in [1.807, 2.05) is 12.4 Å². The molecule has 0 amide bonds. The van der Waals surface area contributed by atoms with Crippen molar-refractivity contribution in [2.75, 3.05) is 6.61 Å². The minimum absolute atomic E-state index is 0.172. The van der Waals surface area contributed by atoms with Crippen LogP contribution in [0.3, 0.4) is 0 Å². The third-order valence-corrected chi connectivity index (χ3v) is 4.77. The van der Waals surface area contributed by atoms with Gasteiger partial charge in [0.15, 0.2) is 0 Å². The SMILES string of the molecule is CC1CC(NC(c2cccs2)c2nccn2C)CCO1. The van der Waals surface area contributed by atoms with Gasteiger partial charge in [-0.1, -0.05) is 6.07 Å². The lowest BCUT2D eigenvalue weighted by Crippen LogP contribution is -2.40. The molecule has 0 aliphatic carbocycles. The first-order valence-corrected chi connectivity index (χ1v) is 8.00. The molecule has 3 heterocycles. The Labute approximate surface area is 123 Å². The zero-order valence-corrected chi connectivity index (χ0v) is 12.8. The van der Waals surface area contributed by atoms with Crippen LogP contribution in [-0.2, 0) is 11.8 Å². The van der Waals surface area contributed by atoms with Gasteiger partial charge in [-0.15, -0.1) is 11.3 Å². The molecule has 5 heteroatoms. The minimum atomic E-state index is 0.172. The predicted molar refractivity (Wildman–Crippen MR) is 80.9 cm³/mol. The molecule has 0 spiro atoms. The van der Waals surface area contributed by atoms with Crippen molar-refractivity contribution in [3.05, 3.63) is 40.6 Å². The van der Waals surface area contributed by atoms with E-state index in [0.29, 0.717) is 12.1 Å². The molecular weight excluding hydrogens is 270 g/mol. The fourth-order valence-corrected chi connectivity index (χ4v) is 3.56. The Morgan fingerprint density at radius 3 is 3.10 bits per heavy atom. The molecule has 1 fully saturated rings. The first-order valence-electron chi connectivity index (χ1n) is 7.12. The zero-order chi connectivity index (χ0) is 13.9. The van der Waals surface area contributed by atoms with Crippen molar-refractivity contribution in [1.29, 1.82) is 0 Å². The quantitative estimate of drug-likeness (QED) is 0.941. The zero-order valence-electron chi connectivity index (χ0n) is 12.0. The molecule has 20 heavy (non-hydrogen) atoms. The van der Waals surface area contributed by atoms with E-state index in [2.05, 4.69) is 46.4 Å². The largest absolute Gasteiger partial charge is 0.378 e. The highest BCUT2D eigenvalue weighted by molar-refractivity contribution is 7.10. The monoisotopic (exact) mass is 291 g/mol. The first kappa shape index (κ1) is 13.8. The average molecular weight is 291 g/mol. The van der Waals surface area contributed by atoms with E-state index in [1.54, 1.807) is 11.3 Å². The van der Waals surface area contributed by atoms with Crippen molar-refractivity contribution < 1.29 is 4.74 Å². The van der Waals surface area contributed by atoms with E-state index in [4.69, 9.17) is 4.74 Å². The molecule has 1 N–H and O–H groups in total. The van der Waals surface area contributed by atoms with Crippen molar-refractivity contribution in [2.24, 2.45) is 7.05 Å². The number of rotatable bonds is 4. The van der Waals surface area contributed by atoms with Crippen LogP contribution in [0.2, 0.25) is 0 Å². The molecule has 0 saturated carbocycles. The summed E-state index contributed by atoms with van der Waals surface area (Å²) in [6, 6.07) is 4.94. The molecule has 1 saturated heterocycles. The molecule has 108 valence electrons. The van der Waals surface area contributed by atoms with Gasteiger partial charge in [0.2, 0.25) is 0 Å². The van der Waals surface area contributed by atoms with E-state index < -0.39 is 0 Å². The van der Waals surface area contributed by atoms with Crippen LogP contribution in [0.5, 0.6) is 0 Å². The lowest BCUT2D eigenvalue weighted by Gasteiger charge is -2.31. The van der Waals surface area contributed by atoms with Crippen molar-refractivity contribution in [1.82, 2.24) is 14.9 Å². The minimum Gasteiger partial charge on any atom is -0.378 e. The van der Waals surface area contributed by atoms with Gasteiger partial charge in [0, 0.05) is 37.0 Å². The summed E-state index contributed by atoms with van der Waals surface area (Å²) in [4.78, 5) is 5.85. The molecule has 0 aromatic carbocycles. The Bertz CT molecular complexity index is 537.